The van der Waals surface area contributed by atoms with Gasteiger partial charge >= 0.3 is 0 Å². The maximum absolute atomic E-state index is 12.8. The lowest BCUT2D eigenvalue weighted by Gasteiger charge is -2.25. The summed E-state index contributed by atoms with van der Waals surface area (Å²) >= 11 is 7.60. The minimum atomic E-state index is -3.70. The molecule has 0 radical (unpaired) electrons. The van der Waals surface area contributed by atoms with Crippen LogP contribution in [0.5, 0.6) is 5.75 Å². The third-order valence-corrected chi connectivity index (χ3v) is 6.22. The van der Waals surface area contributed by atoms with Gasteiger partial charge in [-0.3, -0.25) is 0 Å². The molecule has 120 valence electrons. The molecule has 0 amide bonds. The van der Waals surface area contributed by atoms with E-state index < -0.39 is 10.0 Å². The molecule has 1 aromatic rings. The molecule has 0 heterocycles. The predicted octanol–water partition coefficient (Wildman–Crippen LogP) is 2.18. The van der Waals surface area contributed by atoms with Gasteiger partial charge in [0.2, 0.25) is 10.0 Å². The van der Waals surface area contributed by atoms with Gasteiger partial charge in [-0.2, -0.15) is 16.1 Å². The van der Waals surface area contributed by atoms with Gasteiger partial charge in [-0.15, -0.1) is 0 Å². The van der Waals surface area contributed by atoms with Gasteiger partial charge in [-0.25, -0.2) is 8.42 Å². The highest BCUT2D eigenvalue weighted by atomic mass is 35.5. The highest BCUT2D eigenvalue weighted by Crippen LogP contribution is 2.33. The molecule has 0 aliphatic heterocycles. The molecule has 0 saturated heterocycles. The third kappa shape index (κ3) is 4.04. The number of benzene rings is 1. The van der Waals surface area contributed by atoms with Crippen LogP contribution in [0.15, 0.2) is 17.0 Å². The Hall–Kier alpha value is -0.470. The van der Waals surface area contributed by atoms with Gasteiger partial charge in [0.1, 0.15) is 10.6 Å². The van der Waals surface area contributed by atoms with Crippen molar-refractivity contribution in [3.8, 4) is 5.75 Å². The van der Waals surface area contributed by atoms with E-state index in [0.717, 1.165) is 0 Å². The molecule has 0 aliphatic rings. The molecule has 0 spiro atoms. The van der Waals surface area contributed by atoms with Crippen LogP contribution in [0.3, 0.4) is 0 Å². The number of halogens is 1. The normalized spacial score (nSPS) is 13.5. The topological polar surface area (TPSA) is 72.6 Å². The third-order valence-electron chi connectivity index (χ3n) is 3.21. The van der Waals surface area contributed by atoms with E-state index in [-0.39, 0.29) is 23.2 Å². The van der Waals surface area contributed by atoms with Crippen molar-refractivity contribution < 1.29 is 13.2 Å². The minimum absolute atomic E-state index is 0.0494. The highest BCUT2D eigenvalue weighted by molar-refractivity contribution is 7.98. The van der Waals surface area contributed by atoms with Gasteiger partial charge in [0.25, 0.3) is 0 Å². The van der Waals surface area contributed by atoms with E-state index in [9.17, 15) is 8.42 Å². The Labute approximate surface area is 135 Å². The fourth-order valence-electron chi connectivity index (χ4n) is 1.94. The molecule has 8 heteroatoms. The second kappa shape index (κ2) is 7.69. The molecule has 1 atom stereocenters. The van der Waals surface area contributed by atoms with Crippen molar-refractivity contribution in [1.82, 2.24) is 4.31 Å². The number of hydrogen-bond acceptors (Lipinski definition) is 5. The molecule has 0 aliphatic carbocycles. The Morgan fingerprint density at radius 2 is 2.10 bits per heavy atom. The van der Waals surface area contributed by atoms with Crippen LogP contribution < -0.4 is 10.5 Å². The van der Waals surface area contributed by atoms with Gasteiger partial charge in [0, 0.05) is 36.0 Å². The van der Waals surface area contributed by atoms with Crippen molar-refractivity contribution >= 4 is 33.4 Å². The average Bonchev–Trinajstić information content (AvgIpc) is 2.45. The number of ether oxygens (including phenoxy) is 1. The van der Waals surface area contributed by atoms with Crippen molar-refractivity contribution in [3.63, 3.8) is 0 Å². The zero-order valence-electron chi connectivity index (χ0n) is 12.6. The molecule has 1 unspecified atom stereocenters. The number of rotatable bonds is 7. The molecule has 21 heavy (non-hydrogen) atoms. The lowest BCUT2D eigenvalue weighted by atomic mass is 10.2. The van der Waals surface area contributed by atoms with Gasteiger partial charge in [0.15, 0.2) is 0 Å². The summed E-state index contributed by atoms with van der Waals surface area (Å²) in [6.45, 7) is 2.01. The number of nitrogens with zero attached hydrogens (tertiary/aromatic N) is 1. The van der Waals surface area contributed by atoms with Crippen LogP contribution in [0.2, 0.25) is 5.02 Å². The maximum atomic E-state index is 12.8. The highest BCUT2D eigenvalue weighted by Gasteiger charge is 2.29. The van der Waals surface area contributed by atoms with Crippen molar-refractivity contribution in [2.75, 3.05) is 26.2 Å². The fraction of sp³-hybridized carbons (Fsp3) is 0.538. The Bertz CT molecular complexity index is 593. The zero-order chi connectivity index (χ0) is 16.2. The van der Waals surface area contributed by atoms with Crippen molar-refractivity contribution in [2.24, 2.45) is 5.73 Å². The van der Waals surface area contributed by atoms with Crippen molar-refractivity contribution in [2.45, 2.75) is 24.4 Å². The second-order valence-electron chi connectivity index (χ2n) is 4.63. The number of thioether (sulfide) groups is 1. The van der Waals surface area contributed by atoms with E-state index >= 15 is 0 Å². The van der Waals surface area contributed by atoms with E-state index in [1.165, 1.54) is 17.5 Å². The summed E-state index contributed by atoms with van der Waals surface area (Å²) in [5.41, 5.74) is 6.20. The largest absolute Gasteiger partial charge is 0.495 e. The lowest BCUT2D eigenvalue weighted by Crippen LogP contribution is -2.36. The summed E-state index contributed by atoms with van der Waals surface area (Å²) in [6, 6.07) is 2.87. The van der Waals surface area contributed by atoms with Crippen LogP contribution in [0.25, 0.3) is 0 Å². The van der Waals surface area contributed by atoms with Crippen molar-refractivity contribution in [1.29, 1.82) is 0 Å². The molecule has 0 saturated carbocycles. The van der Waals surface area contributed by atoms with Gasteiger partial charge in [-0.05, 0) is 25.3 Å². The Morgan fingerprint density at radius 1 is 1.48 bits per heavy atom. The van der Waals surface area contributed by atoms with Crippen LogP contribution >= 0.6 is 23.4 Å². The SMILES string of the molecule is COc1c(CN)cc(Cl)cc1S(=O)(=O)N(C)C(C)CSC. The Kier molecular flexibility index (Phi) is 6.80. The zero-order valence-corrected chi connectivity index (χ0v) is 15.0. The van der Waals surface area contributed by atoms with Crippen LogP contribution in [0, 0.1) is 0 Å². The summed E-state index contributed by atoms with van der Waals surface area (Å²) in [7, 11) is -0.726. The quantitative estimate of drug-likeness (QED) is 0.814. The van der Waals surface area contributed by atoms with Crippen LogP contribution in [-0.2, 0) is 16.6 Å². The van der Waals surface area contributed by atoms with Crippen LogP contribution in [-0.4, -0.2) is 44.9 Å². The molecule has 1 aromatic carbocycles. The number of methoxy groups -OCH3 is 1. The van der Waals surface area contributed by atoms with Crippen molar-refractivity contribution in [3.05, 3.63) is 22.7 Å². The van der Waals surface area contributed by atoms with E-state index in [1.54, 1.807) is 24.9 Å². The van der Waals surface area contributed by atoms with Gasteiger partial charge < -0.3 is 10.5 Å². The standard InChI is InChI=1S/C13H21ClN2O3S2/c1-9(8-20-4)16(2)21(17,18)12-6-11(14)5-10(7-15)13(12)19-3/h5-6,9H,7-8,15H2,1-4H3. The first-order valence-electron chi connectivity index (χ1n) is 6.33. The van der Waals surface area contributed by atoms with Crippen LogP contribution in [0.4, 0.5) is 0 Å². The first kappa shape index (κ1) is 18.6. The monoisotopic (exact) mass is 352 g/mol. The molecular formula is C13H21ClN2O3S2. The minimum Gasteiger partial charge on any atom is -0.495 e. The number of nitrogens with two attached hydrogens (primary N) is 1. The lowest BCUT2D eigenvalue weighted by molar-refractivity contribution is 0.385. The van der Waals surface area contributed by atoms with E-state index in [2.05, 4.69) is 0 Å². The summed E-state index contributed by atoms with van der Waals surface area (Å²) < 4.78 is 32.2. The maximum Gasteiger partial charge on any atom is 0.246 e. The number of hydrogen-bond donors (Lipinski definition) is 1. The molecule has 0 fully saturated rings. The molecule has 5 nitrogen and oxygen atoms in total. The first-order chi connectivity index (χ1) is 9.79. The molecule has 1 rings (SSSR count). The molecule has 0 aromatic heterocycles. The summed E-state index contributed by atoms with van der Waals surface area (Å²) in [4.78, 5) is 0.0494. The van der Waals surface area contributed by atoms with E-state index in [4.69, 9.17) is 22.1 Å². The van der Waals surface area contributed by atoms with E-state index in [0.29, 0.717) is 16.3 Å². The first-order valence-corrected chi connectivity index (χ1v) is 9.54. The van der Waals surface area contributed by atoms with E-state index in [1.807, 2.05) is 13.2 Å². The summed E-state index contributed by atoms with van der Waals surface area (Å²) in [5, 5.41) is 0.320. The Morgan fingerprint density at radius 3 is 2.57 bits per heavy atom. The summed E-state index contributed by atoms with van der Waals surface area (Å²) in [6.07, 6.45) is 1.93. The Balaban J connectivity index is 3.40. The van der Waals surface area contributed by atoms with Gasteiger partial charge in [-0.1, -0.05) is 11.6 Å². The second-order valence-corrected chi connectivity index (χ2v) is 7.94. The van der Waals surface area contributed by atoms with Gasteiger partial charge in [0.05, 0.1) is 7.11 Å². The fourth-order valence-corrected chi connectivity index (χ4v) is 4.62. The average molecular weight is 353 g/mol. The number of sulfonamides is 1. The summed E-state index contributed by atoms with van der Waals surface area (Å²) in [5.74, 6) is 0.952. The predicted molar refractivity (Wildman–Crippen MR) is 88.7 cm³/mol. The molecular weight excluding hydrogens is 332 g/mol. The van der Waals surface area contributed by atoms with Crippen LogP contribution in [0.1, 0.15) is 12.5 Å². The molecule has 2 N–H and O–H groups in total. The smallest absolute Gasteiger partial charge is 0.246 e. The molecule has 0 bridgehead atoms.